The molecule has 2 heterocycles. The third kappa shape index (κ3) is 4.69. The number of aromatic nitrogens is 1. The summed E-state index contributed by atoms with van der Waals surface area (Å²) >= 11 is 5.81. The Morgan fingerprint density at radius 1 is 1.18 bits per heavy atom. The number of aliphatic hydroxyl groups is 1. The molecular formula is C25H25ClFN3O4. The van der Waals surface area contributed by atoms with E-state index in [2.05, 4.69) is 5.32 Å². The van der Waals surface area contributed by atoms with Crippen LogP contribution in [0.4, 0.5) is 4.39 Å². The lowest BCUT2D eigenvalue weighted by atomic mass is 10.1. The minimum Gasteiger partial charge on any atom is -0.388 e. The van der Waals surface area contributed by atoms with Crippen molar-refractivity contribution in [2.75, 3.05) is 13.2 Å². The highest BCUT2D eigenvalue weighted by atomic mass is 35.5. The smallest absolute Gasteiger partial charge is 0.243 e. The van der Waals surface area contributed by atoms with E-state index in [-0.39, 0.29) is 41.4 Å². The van der Waals surface area contributed by atoms with E-state index in [0.29, 0.717) is 29.4 Å². The molecule has 7 nitrogen and oxygen atoms in total. The van der Waals surface area contributed by atoms with Crippen LogP contribution in [0.1, 0.15) is 29.3 Å². The van der Waals surface area contributed by atoms with E-state index in [0.717, 1.165) is 0 Å². The zero-order valence-electron chi connectivity index (χ0n) is 18.6. The highest BCUT2D eigenvalue weighted by Crippen LogP contribution is 2.26. The normalized spacial score (nSPS) is 17.8. The maximum Gasteiger partial charge on any atom is 0.243 e. The number of rotatable bonds is 7. The topological polar surface area (TPSA) is 91.6 Å². The molecule has 0 saturated carbocycles. The Hall–Kier alpha value is -3.23. The molecule has 34 heavy (non-hydrogen) atoms. The fourth-order valence-electron chi connectivity index (χ4n) is 4.48. The molecule has 1 aromatic heterocycles. The highest BCUT2D eigenvalue weighted by molar-refractivity contribution is 6.30. The number of halogens is 2. The molecule has 2 aromatic carbocycles. The van der Waals surface area contributed by atoms with E-state index in [1.807, 2.05) is 6.92 Å². The molecule has 1 fully saturated rings. The molecule has 9 heteroatoms. The lowest BCUT2D eigenvalue weighted by Crippen LogP contribution is -2.46. The standard InChI is InChI=1S/C25H25ClFN3O4/c1-15-9-21(25(34)28-10-16-5-4-7-19(26)24(16)27)30(11-15)23(33)13-29-12-18(22(32)14-31)17-6-2-3-8-20(17)29/h2-8,12,15,21,31H,9-11,13-14H2,1H3,(H,28,34)/t15-,21-/m0/s1. The number of likely N-dealkylation sites (tertiary alicyclic amines) is 1. The van der Waals surface area contributed by atoms with Gasteiger partial charge < -0.3 is 19.9 Å². The Morgan fingerprint density at radius 2 is 1.94 bits per heavy atom. The van der Waals surface area contributed by atoms with Crippen LogP contribution in [-0.4, -0.2) is 51.4 Å². The van der Waals surface area contributed by atoms with E-state index in [9.17, 15) is 23.9 Å². The minimum absolute atomic E-state index is 0.0176. The molecule has 0 bridgehead atoms. The second kappa shape index (κ2) is 9.95. The molecule has 3 aromatic rings. The van der Waals surface area contributed by atoms with E-state index in [1.165, 1.54) is 11.0 Å². The highest BCUT2D eigenvalue weighted by Gasteiger charge is 2.37. The van der Waals surface area contributed by atoms with E-state index >= 15 is 0 Å². The zero-order chi connectivity index (χ0) is 24.4. The van der Waals surface area contributed by atoms with Crippen LogP contribution in [0.3, 0.4) is 0 Å². The van der Waals surface area contributed by atoms with Gasteiger partial charge in [-0.15, -0.1) is 0 Å². The van der Waals surface area contributed by atoms with Crippen molar-refractivity contribution in [2.24, 2.45) is 5.92 Å². The number of nitrogens with one attached hydrogen (secondary N) is 1. The Bertz CT molecular complexity index is 1260. The molecule has 4 rings (SSSR count). The summed E-state index contributed by atoms with van der Waals surface area (Å²) in [7, 11) is 0. The Morgan fingerprint density at radius 3 is 2.71 bits per heavy atom. The number of Topliss-reactive ketones (excluding diaryl/α,β-unsaturated/α-hetero) is 1. The number of hydrogen-bond acceptors (Lipinski definition) is 4. The van der Waals surface area contributed by atoms with Gasteiger partial charge in [-0.1, -0.05) is 48.9 Å². The van der Waals surface area contributed by atoms with E-state index < -0.39 is 24.2 Å². The van der Waals surface area contributed by atoms with E-state index in [4.69, 9.17) is 11.6 Å². The van der Waals surface area contributed by atoms with Gasteiger partial charge in [0.25, 0.3) is 0 Å². The Kier molecular flexibility index (Phi) is 7.00. The number of nitrogens with zero attached hydrogens (tertiary/aromatic N) is 2. The quantitative estimate of drug-likeness (QED) is 0.503. The summed E-state index contributed by atoms with van der Waals surface area (Å²) in [4.78, 5) is 39.9. The molecule has 0 unspecified atom stereocenters. The molecule has 1 saturated heterocycles. The van der Waals surface area contributed by atoms with Crippen LogP contribution in [0, 0.1) is 11.7 Å². The van der Waals surface area contributed by atoms with Gasteiger partial charge in [0.2, 0.25) is 11.8 Å². The van der Waals surface area contributed by atoms with Crippen molar-refractivity contribution in [2.45, 2.75) is 32.5 Å². The van der Waals surface area contributed by atoms with Gasteiger partial charge in [0.15, 0.2) is 5.78 Å². The second-order valence-electron chi connectivity index (χ2n) is 8.60. The van der Waals surface area contributed by atoms with Gasteiger partial charge in [0.05, 0.1) is 5.02 Å². The average Bonchev–Trinajstić information content (AvgIpc) is 3.40. The number of carbonyl (C=O) groups is 3. The number of amides is 2. The molecule has 0 spiro atoms. The summed E-state index contributed by atoms with van der Waals surface area (Å²) in [5.74, 6) is -1.50. The number of hydrogen-bond donors (Lipinski definition) is 2. The van der Waals surface area contributed by atoms with Crippen molar-refractivity contribution in [3.8, 4) is 0 Å². The van der Waals surface area contributed by atoms with Crippen LogP contribution in [0.2, 0.25) is 5.02 Å². The van der Waals surface area contributed by atoms with Gasteiger partial charge in [-0.05, 0) is 24.5 Å². The van der Waals surface area contributed by atoms with Gasteiger partial charge in [-0.2, -0.15) is 0 Å². The lowest BCUT2D eigenvalue weighted by Gasteiger charge is -2.24. The van der Waals surface area contributed by atoms with Gasteiger partial charge in [-0.3, -0.25) is 14.4 Å². The molecule has 0 radical (unpaired) electrons. The molecule has 2 atom stereocenters. The molecule has 1 aliphatic rings. The molecular weight excluding hydrogens is 461 g/mol. The monoisotopic (exact) mass is 485 g/mol. The number of aliphatic hydroxyl groups excluding tert-OH is 1. The largest absolute Gasteiger partial charge is 0.388 e. The Balaban J connectivity index is 1.51. The van der Waals surface area contributed by atoms with Crippen LogP contribution in [-0.2, 0) is 22.7 Å². The first kappa shape index (κ1) is 23.9. The van der Waals surface area contributed by atoms with Gasteiger partial charge in [0, 0.05) is 41.3 Å². The van der Waals surface area contributed by atoms with E-state index in [1.54, 1.807) is 47.2 Å². The van der Waals surface area contributed by atoms with Gasteiger partial charge >= 0.3 is 0 Å². The minimum atomic E-state index is -0.676. The number of ketones is 1. The number of para-hydroxylation sites is 1. The summed E-state index contributed by atoms with van der Waals surface area (Å²) < 4.78 is 15.8. The van der Waals surface area contributed by atoms with Crippen molar-refractivity contribution in [3.63, 3.8) is 0 Å². The van der Waals surface area contributed by atoms with Gasteiger partial charge in [-0.25, -0.2) is 4.39 Å². The first-order valence-corrected chi connectivity index (χ1v) is 11.4. The first-order valence-electron chi connectivity index (χ1n) is 11.0. The molecule has 2 N–H and O–H groups in total. The average molecular weight is 486 g/mol. The molecule has 0 aliphatic carbocycles. The Labute approximate surface area is 201 Å². The van der Waals surface area contributed by atoms with Crippen LogP contribution >= 0.6 is 11.6 Å². The SMILES string of the molecule is C[C@H]1C[C@@H](C(=O)NCc2cccc(Cl)c2F)N(C(=O)Cn2cc(C(=O)CO)c3ccccc32)C1. The summed E-state index contributed by atoms with van der Waals surface area (Å²) in [5, 5.41) is 12.7. The predicted octanol–water partition coefficient (Wildman–Crippen LogP) is 3.16. The molecule has 1 aliphatic heterocycles. The fourth-order valence-corrected chi connectivity index (χ4v) is 4.67. The maximum absolute atomic E-state index is 14.2. The van der Waals surface area contributed by atoms with Gasteiger partial charge in [0.1, 0.15) is 25.0 Å². The maximum atomic E-state index is 14.2. The number of benzene rings is 2. The predicted molar refractivity (Wildman–Crippen MR) is 126 cm³/mol. The lowest BCUT2D eigenvalue weighted by molar-refractivity contribution is -0.138. The van der Waals surface area contributed by atoms with Crippen molar-refractivity contribution in [1.82, 2.24) is 14.8 Å². The van der Waals surface area contributed by atoms with Crippen LogP contribution in [0.5, 0.6) is 0 Å². The summed E-state index contributed by atoms with van der Waals surface area (Å²) in [5.41, 5.74) is 1.31. The third-order valence-electron chi connectivity index (χ3n) is 6.16. The fraction of sp³-hybridized carbons (Fsp3) is 0.320. The molecule has 178 valence electrons. The first-order chi connectivity index (χ1) is 16.3. The van der Waals surface area contributed by atoms with Crippen molar-refractivity contribution in [3.05, 3.63) is 70.6 Å². The molecule has 2 amide bonds. The third-order valence-corrected chi connectivity index (χ3v) is 6.45. The summed E-state index contributed by atoms with van der Waals surface area (Å²) in [6.07, 6.45) is 2.06. The summed E-state index contributed by atoms with van der Waals surface area (Å²) in [6.45, 7) is 1.67. The number of fused-ring (bicyclic) bond motifs is 1. The van der Waals surface area contributed by atoms with Crippen LogP contribution in [0.15, 0.2) is 48.7 Å². The van der Waals surface area contributed by atoms with Crippen LogP contribution in [0.25, 0.3) is 10.9 Å². The van der Waals surface area contributed by atoms with Crippen molar-refractivity contribution >= 4 is 40.1 Å². The van der Waals surface area contributed by atoms with Crippen LogP contribution < -0.4 is 5.32 Å². The van der Waals surface area contributed by atoms with Crippen molar-refractivity contribution in [1.29, 1.82) is 0 Å². The number of carbonyl (C=O) groups excluding carboxylic acids is 3. The van der Waals surface area contributed by atoms with Crippen molar-refractivity contribution < 1.29 is 23.9 Å². The zero-order valence-corrected chi connectivity index (χ0v) is 19.4. The second-order valence-corrected chi connectivity index (χ2v) is 9.01. The summed E-state index contributed by atoms with van der Waals surface area (Å²) in [6, 6.07) is 11.1.